The third-order valence-corrected chi connectivity index (χ3v) is 5.85. The lowest BCUT2D eigenvalue weighted by atomic mass is 10.0. The predicted molar refractivity (Wildman–Crippen MR) is 105 cm³/mol. The van der Waals surface area contributed by atoms with Crippen molar-refractivity contribution in [3.63, 3.8) is 0 Å². The molecule has 2 aliphatic rings. The second kappa shape index (κ2) is 7.09. The molecule has 1 aromatic carbocycles. The molecule has 3 aromatic rings. The number of rotatable bonds is 4. The molecule has 8 heteroatoms. The third-order valence-electron chi connectivity index (χ3n) is 5.85. The van der Waals surface area contributed by atoms with Crippen LogP contribution in [0.2, 0.25) is 0 Å². The Hall–Kier alpha value is -3.03. The van der Waals surface area contributed by atoms with E-state index in [0.717, 1.165) is 42.6 Å². The molecule has 29 heavy (non-hydrogen) atoms. The Balaban J connectivity index is 1.23. The fourth-order valence-corrected chi connectivity index (χ4v) is 3.96. The van der Waals surface area contributed by atoms with Gasteiger partial charge in [0.1, 0.15) is 0 Å². The summed E-state index contributed by atoms with van der Waals surface area (Å²) in [7, 11) is 0. The highest BCUT2D eigenvalue weighted by atomic mass is 16.5. The van der Waals surface area contributed by atoms with E-state index in [9.17, 15) is 4.79 Å². The number of piperidine rings is 1. The fourth-order valence-electron chi connectivity index (χ4n) is 3.96. The summed E-state index contributed by atoms with van der Waals surface area (Å²) >= 11 is 0. The summed E-state index contributed by atoms with van der Waals surface area (Å²) in [6.45, 7) is 5.45. The Morgan fingerprint density at radius 2 is 1.93 bits per heavy atom. The molecule has 150 valence electrons. The zero-order valence-electron chi connectivity index (χ0n) is 16.7. The molecule has 0 bridgehead atoms. The van der Waals surface area contributed by atoms with Crippen molar-refractivity contribution >= 4 is 5.91 Å². The van der Waals surface area contributed by atoms with Gasteiger partial charge in [0.25, 0.3) is 11.8 Å². The number of hydrogen-bond donors (Lipinski definition) is 0. The van der Waals surface area contributed by atoms with Crippen molar-refractivity contribution in [1.29, 1.82) is 0 Å². The van der Waals surface area contributed by atoms with E-state index >= 15 is 0 Å². The Morgan fingerprint density at radius 1 is 1.14 bits per heavy atom. The molecule has 8 nitrogen and oxygen atoms in total. The first kappa shape index (κ1) is 18.0. The van der Waals surface area contributed by atoms with Gasteiger partial charge in [-0.05, 0) is 51.2 Å². The number of aromatic nitrogens is 5. The minimum Gasteiger partial charge on any atom is -0.338 e. The maximum atomic E-state index is 12.9. The standard InChI is InChI=1S/C21H24N6O2/c1-13-3-6-17(14(2)11-13)21(28)26-9-7-16(8-10-26)27-12-18(23-25-27)20-22-19(24-29-20)15-4-5-15/h3,6,11-12,15-16H,4-5,7-10H2,1-2H3. The first-order chi connectivity index (χ1) is 14.1. The van der Waals surface area contributed by atoms with Gasteiger partial charge in [0.05, 0.1) is 12.2 Å². The quantitative estimate of drug-likeness (QED) is 0.677. The molecule has 0 radical (unpaired) electrons. The molecule has 3 heterocycles. The van der Waals surface area contributed by atoms with Gasteiger partial charge in [-0.3, -0.25) is 4.79 Å². The van der Waals surface area contributed by atoms with Gasteiger partial charge in [-0.25, -0.2) is 4.68 Å². The van der Waals surface area contributed by atoms with E-state index in [1.807, 2.05) is 41.8 Å². The first-order valence-electron chi connectivity index (χ1n) is 10.2. The molecule has 1 saturated heterocycles. The van der Waals surface area contributed by atoms with Gasteiger partial charge in [-0.1, -0.05) is 28.1 Å². The molecule has 0 unspecified atom stereocenters. The van der Waals surface area contributed by atoms with Crippen LogP contribution in [0.5, 0.6) is 0 Å². The molecule has 5 rings (SSSR count). The smallest absolute Gasteiger partial charge is 0.280 e. The van der Waals surface area contributed by atoms with E-state index in [-0.39, 0.29) is 11.9 Å². The molecule has 2 aromatic heterocycles. The van der Waals surface area contributed by atoms with E-state index in [4.69, 9.17) is 4.52 Å². The van der Waals surface area contributed by atoms with Crippen LogP contribution in [0.1, 0.15) is 65.0 Å². The van der Waals surface area contributed by atoms with Crippen LogP contribution in [0, 0.1) is 13.8 Å². The van der Waals surface area contributed by atoms with Crippen LogP contribution < -0.4 is 0 Å². The number of likely N-dealkylation sites (tertiary alicyclic amines) is 1. The van der Waals surface area contributed by atoms with Gasteiger partial charge >= 0.3 is 0 Å². The zero-order chi connectivity index (χ0) is 20.0. The van der Waals surface area contributed by atoms with Gasteiger partial charge in [0, 0.05) is 24.6 Å². The number of aryl methyl sites for hydroxylation is 2. The second-order valence-electron chi connectivity index (χ2n) is 8.16. The van der Waals surface area contributed by atoms with E-state index in [1.54, 1.807) is 0 Å². The second-order valence-corrected chi connectivity index (χ2v) is 8.16. The van der Waals surface area contributed by atoms with Gasteiger partial charge in [0.2, 0.25) is 0 Å². The van der Waals surface area contributed by atoms with E-state index in [1.165, 1.54) is 5.56 Å². The van der Waals surface area contributed by atoms with Gasteiger partial charge in [-0.15, -0.1) is 5.10 Å². The number of hydrogen-bond acceptors (Lipinski definition) is 6. The van der Waals surface area contributed by atoms with Crippen LogP contribution in [0.3, 0.4) is 0 Å². The van der Waals surface area contributed by atoms with Crippen molar-refractivity contribution < 1.29 is 9.32 Å². The van der Waals surface area contributed by atoms with Crippen molar-refractivity contribution in [2.45, 2.75) is 51.5 Å². The summed E-state index contributed by atoms with van der Waals surface area (Å²) in [5.74, 6) is 1.76. The zero-order valence-corrected chi connectivity index (χ0v) is 16.7. The normalized spacial score (nSPS) is 17.7. The minimum atomic E-state index is 0.110. The molecule has 0 N–H and O–H groups in total. The van der Waals surface area contributed by atoms with Crippen LogP contribution in [0.4, 0.5) is 0 Å². The lowest BCUT2D eigenvalue weighted by Crippen LogP contribution is -2.39. The van der Waals surface area contributed by atoms with Crippen LogP contribution in [0.25, 0.3) is 11.6 Å². The summed E-state index contributed by atoms with van der Waals surface area (Å²) in [5, 5.41) is 12.5. The summed E-state index contributed by atoms with van der Waals surface area (Å²) < 4.78 is 7.21. The summed E-state index contributed by atoms with van der Waals surface area (Å²) in [4.78, 5) is 19.3. The first-order valence-corrected chi connectivity index (χ1v) is 10.2. The minimum absolute atomic E-state index is 0.110. The summed E-state index contributed by atoms with van der Waals surface area (Å²) in [6.07, 6.45) is 5.82. The molecule has 1 aliphatic heterocycles. The van der Waals surface area contributed by atoms with Crippen LogP contribution >= 0.6 is 0 Å². The van der Waals surface area contributed by atoms with E-state index < -0.39 is 0 Å². The molecular formula is C21H24N6O2. The molecule has 1 amide bonds. The number of nitrogens with zero attached hydrogens (tertiary/aromatic N) is 6. The largest absolute Gasteiger partial charge is 0.338 e. The molecule has 0 atom stereocenters. The Labute approximate surface area is 168 Å². The topological polar surface area (TPSA) is 89.9 Å². The van der Waals surface area contributed by atoms with Gasteiger partial charge < -0.3 is 9.42 Å². The molecule has 1 aliphatic carbocycles. The number of carbonyl (C=O) groups excluding carboxylic acids is 1. The lowest BCUT2D eigenvalue weighted by molar-refractivity contribution is 0.0688. The van der Waals surface area contributed by atoms with Gasteiger partial charge in [0.15, 0.2) is 11.5 Å². The number of benzene rings is 1. The summed E-state index contributed by atoms with van der Waals surface area (Å²) in [6, 6.07) is 6.20. The van der Waals surface area contributed by atoms with Crippen molar-refractivity contribution in [3.8, 4) is 11.6 Å². The van der Waals surface area contributed by atoms with Crippen molar-refractivity contribution in [2.75, 3.05) is 13.1 Å². The van der Waals surface area contributed by atoms with Crippen molar-refractivity contribution in [3.05, 3.63) is 46.9 Å². The van der Waals surface area contributed by atoms with Crippen LogP contribution in [0.15, 0.2) is 28.9 Å². The third kappa shape index (κ3) is 3.54. The maximum absolute atomic E-state index is 12.9. The number of amides is 1. The maximum Gasteiger partial charge on any atom is 0.280 e. The van der Waals surface area contributed by atoms with E-state index in [2.05, 4.69) is 26.5 Å². The van der Waals surface area contributed by atoms with Crippen LogP contribution in [-0.4, -0.2) is 49.0 Å². The van der Waals surface area contributed by atoms with Crippen molar-refractivity contribution in [1.82, 2.24) is 30.0 Å². The summed E-state index contributed by atoms with van der Waals surface area (Å²) in [5.41, 5.74) is 3.60. The molecule has 2 fully saturated rings. The Bertz CT molecular complexity index is 1040. The van der Waals surface area contributed by atoms with E-state index in [0.29, 0.717) is 30.6 Å². The molecule has 1 saturated carbocycles. The van der Waals surface area contributed by atoms with Crippen molar-refractivity contribution in [2.24, 2.45) is 0 Å². The monoisotopic (exact) mass is 392 g/mol. The van der Waals surface area contributed by atoms with Gasteiger partial charge in [-0.2, -0.15) is 4.98 Å². The number of carbonyl (C=O) groups is 1. The average molecular weight is 392 g/mol. The van der Waals surface area contributed by atoms with Crippen LogP contribution in [-0.2, 0) is 0 Å². The molecular weight excluding hydrogens is 368 g/mol. The SMILES string of the molecule is Cc1ccc(C(=O)N2CCC(n3cc(-c4nc(C5CC5)no4)nn3)CC2)c(C)c1. The fraction of sp³-hybridized carbons (Fsp3) is 0.476. The highest BCUT2D eigenvalue weighted by Gasteiger charge is 2.30. The Kier molecular flexibility index (Phi) is 4.41. The highest BCUT2D eigenvalue weighted by molar-refractivity contribution is 5.95. The highest BCUT2D eigenvalue weighted by Crippen LogP contribution is 2.38. The average Bonchev–Trinajstić information content (AvgIpc) is 3.25. The Morgan fingerprint density at radius 3 is 2.66 bits per heavy atom. The lowest BCUT2D eigenvalue weighted by Gasteiger charge is -2.32. The predicted octanol–water partition coefficient (Wildman–Crippen LogP) is 3.30. The molecule has 0 spiro atoms.